The zero-order valence-electron chi connectivity index (χ0n) is 12.1. The largest absolute Gasteiger partial charge is 0.491 e. The van der Waals surface area contributed by atoms with E-state index in [1.54, 1.807) is 0 Å². The zero-order valence-corrected chi connectivity index (χ0v) is 12.9. The normalized spacial score (nSPS) is 20.7. The lowest BCUT2D eigenvalue weighted by Crippen LogP contribution is -2.23. The highest BCUT2D eigenvalue weighted by Gasteiger charge is 2.28. The van der Waals surface area contributed by atoms with E-state index in [9.17, 15) is 9.18 Å². The molecule has 0 aromatic heterocycles. The van der Waals surface area contributed by atoms with Gasteiger partial charge >= 0.3 is 0 Å². The minimum absolute atomic E-state index is 0. The Balaban J connectivity index is 0.00000220. The van der Waals surface area contributed by atoms with Crippen LogP contribution < -0.4 is 15.8 Å². The van der Waals surface area contributed by atoms with Gasteiger partial charge < -0.3 is 15.8 Å². The molecule has 0 heterocycles. The number of carbonyl (C=O) groups excluding carboxylic acids is 1. The number of nitrogens with one attached hydrogen (secondary N) is 1. The van der Waals surface area contributed by atoms with Crippen molar-refractivity contribution >= 4 is 24.0 Å². The molecule has 6 heteroatoms. The molecule has 0 radical (unpaired) electrons. The van der Waals surface area contributed by atoms with E-state index in [2.05, 4.69) is 5.32 Å². The second kappa shape index (κ2) is 8.20. The fourth-order valence-electron chi connectivity index (χ4n) is 2.42. The highest BCUT2D eigenvalue weighted by Crippen LogP contribution is 2.29. The molecule has 2 unspecified atom stereocenters. The molecule has 1 aromatic rings. The summed E-state index contributed by atoms with van der Waals surface area (Å²) in [4.78, 5) is 12.2. The number of hydrogen-bond acceptors (Lipinski definition) is 3. The van der Waals surface area contributed by atoms with E-state index in [4.69, 9.17) is 10.5 Å². The van der Waals surface area contributed by atoms with Crippen LogP contribution in [0.3, 0.4) is 0 Å². The van der Waals surface area contributed by atoms with Crippen LogP contribution in [0.2, 0.25) is 0 Å². The predicted octanol–water partition coefficient (Wildman–Crippen LogP) is 3.10. The van der Waals surface area contributed by atoms with Crippen molar-refractivity contribution in [2.24, 2.45) is 11.7 Å². The number of carbonyl (C=O) groups is 1. The van der Waals surface area contributed by atoms with Crippen LogP contribution in [0, 0.1) is 11.7 Å². The Labute approximate surface area is 130 Å². The van der Waals surface area contributed by atoms with Crippen LogP contribution in [0.15, 0.2) is 18.2 Å². The monoisotopic (exact) mass is 316 g/mol. The van der Waals surface area contributed by atoms with E-state index in [1.165, 1.54) is 18.2 Å². The fraction of sp³-hybridized carbons (Fsp3) is 0.533. The Kier molecular flexibility index (Phi) is 6.92. The summed E-state index contributed by atoms with van der Waals surface area (Å²) in [6.07, 6.45) is 3.21. The van der Waals surface area contributed by atoms with E-state index in [-0.39, 0.29) is 36.1 Å². The molecule has 1 fully saturated rings. The van der Waals surface area contributed by atoms with Gasteiger partial charge in [-0.25, -0.2) is 4.39 Å². The van der Waals surface area contributed by atoms with Gasteiger partial charge in [-0.1, -0.05) is 6.92 Å². The van der Waals surface area contributed by atoms with Crippen LogP contribution >= 0.6 is 12.4 Å². The molecule has 1 aliphatic rings. The van der Waals surface area contributed by atoms with E-state index in [0.717, 1.165) is 19.3 Å². The molecule has 0 bridgehead atoms. The number of nitrogens with two attached hydrogens (primary N) is 1. The van der Waals surface area contributed by atoms with Gasteiger partial charge in [0.05, 0.1) is 12.3 Å². The van der Waals surface area contributed by atoms with Crippen LogP contribution in [0.25, 0.3) is 0 Å². The highest BCUT2D eigenvalue weighted by molar-refractivity contribution is 5.94. The Hall–Kier alpha value is -1.33. The lowest BCUT2D eigenvalue weighted by atomic mass is 10.1. The average molecular weight is 317 g/mol. The predicted molar refractivity (Wildman–Crippen MR) is 83.4 cm³/mol. The van der Waals surface area contributed by atoms with Gasteiger partial charge in [0.2, 0.25) is 5.91 Å². The van der Waals surface area contributed by atoms with Crippen LogP contribution in [-0.4, -0.2) is 18.6 Å². The van der Waals surface area contributed by atoms with Crippen molar-refractivity contribution in [3.8, 4) is 5.75 Å². The van der Waals surface area contributed by atoms with Gasteiger partial charge in [0.15, 0.2) is 0 Å². The van der Waals surface area contributed by atoms with E-state index < -0.39 is 0 Å². The molecule has 0 spiro atoms. The summed E-state index contributed by atoms with van der Waals surface area (Å²) in [6.45, 7) is 2.46. The fourth-order valence-corrected chi connectivity index (χ4v) is 2.42. The van der Waals surface area contributed by atoms with Crippen LogP contribution in [0.1, 0.15) is 32.6 Å². The first-order chi connectivity index (χ1) is 9.60. The van der Waals surface area contributed by atoms with Crippen LogP contribution in [-0.2, 0) is 4.79 Å². The second-order valence-electron chi connectivity index (χ2n) is 5.25. The molecule has 0 aliphatic heterocycles. The molecular weight excluding hydrogens is 295 g/mol. The third kappa shape index (κ3) is 4.86. The van der Waals surface area contributed by atoms with Crippen molar-refractivity contribution in [3.63, 3.8) is 0 Å². The first kappa shape index (κ1) is 17.7. The first-order valence-electron chi connectivity index (χ1n) is 7.09. The highest BCUT2D eigenvalue weighted by atomic mass is 35.5. The van der Waals surface area contributed by atoms with Crippen molar-refractivity contribution in [2.75, 3.05) is 11.9 Å². The number of amides is 1. The quantitative estimate of drug-likeness (QED) is 0.877. The van der Waals surface area contributed by atoms with Crippen molar-refractivity contribution < 1.29 is 13.9 Å². The van der Waals surface area contributed by atoms with Crippen molar-refractivity contribution in [1.29, 1.82) is 0 Å². The minimum atomic E-state index is -0.378. The molecule has 1 aromatic carbocycles. The van der Waals surface area contributed by atoms with Gasteiger partial charge in [-0.15, -0.1) is 12.4 Å². The van der Waals surface area contributed by atoms with Gasteiger partial charge in [-0.05, 0) is 37.8 Å². The van der Waals surface area contributed by atoms with E-state index in [1.807, 2.05) is 6.92 Å². The molecular formula is C15H22ClFN2O2. The summed E-state index contributed by atoms with van der Waals surface area (Å²) in [6, 6.07) is 4.25. The topological polar surface area (TPSA) is 64.3 Å². The number of hydrogen-bond donors (Lipinski definition) is 2. The van der Waals surface area contributed by atoms with Crippen molar-refractivity contribution in [3.05, 3.63) is 24.0 Å². The number of rotatable bonds is 5. The Bertz CT molecular complexity index is 485. The summed E-state index contributed by atoms with van der Waals surface area (Å²) >= 11 is 0. The summed E-state index contributed by atoms with van der Waals surface area (Å²) in [7, 11) is 0. The van der Waals surface area contributed by atoms with E-state index >= 15 is 0 Å². The summed E-state index contributed by atoms with van der Waals surface area (Å²) < 4.78 is 18.7. The Morgan fingerprint density at radius 3 is 2.86 bits per heavy atom. The van der Waals surface area contributed by atoms with Crippen molar-refractivity contribution in [2.45, 2.75) is 38.6 Å². The molecule has 0 saturated heterocycles. The molecule has 118 valence electrons. The Morgan fingerprint density at radius 2 is 2.24 bits per heavy atom. The third-order valence-corrected chi connectivity index (χ3v) is 3.51. The lowest BCUT2D eigenvalue weighted by molar-refractivity contribution is -0.119. The molecule has 2 rings (SSSR count). The van der Waals surface area contributed by atoms with E-state index in [0.29, 0.717) is 24.5 Å². The van der Waals surface area contributed by atoms with Gasteiger partial charge in [0, 0.05) is 18.0 Å². The van der Waals surface area contributed by atoms with Gasteiger partial charge in [0.1, 0.15) is 11.6 Å². The Morgan fingerprint density at radius 1 is 1.48 bits per heavy atom. The maximum absolute atomic E-state index is 13.3. The van der Waals surface area contributed by atoms with Gasteiger partial charge in [0.25, 0.3) is 0 Å². The van der Waals surface area contributed by atoms with Crippen molar-refractivity contribution in [1.82, 2.24) is 0 Å². The van der Waals surface area contributed by atoms with Gasteiger partial charge in [-0.3, -0.25) is 4.79 Å². The number of halogens is 2. The summed E-state index contributed by atoms with van der Waals surface area (Å²) in [5, 5.41) is 2.82. The van der Waals surface area contributed by atoms with Crippen LogP contribution in [0.4, 0.5) is 10.1 Å². The number of benzene rings is 1. The maximum Gasteiger partial charge on any atom is 0.227 e. The molecule has 1 aliphatic carbocycles. The molecule has 1 amide bonds. The molecule has 1 saturated carbocycles. The van der Waals surface area contributed by atoms with Gasteiger partial charge in [-0.2, -0.15) is 0 Å². The molecule has 2 atom stereocenters. The number of ether oxygens (including phenoxy) is 1. The SMILES string of the molecule is CCCOc1cc(F)ccc1NC(=O)C1CCC(N)C1.Cl. The van der Waals surface area contributed by atoms with Crippen LogP contribution in [0.5, 0.6) is 5.75 Å². The summed E-state index contributed by atoms with van der Waals surface area (Å²) in [5.41, 5.74) is 6.34. The standard InChI is InChI=1S/C15H21FN2O2.ClH/c1-2-7-20-14-9-11(16)4-6-13(14)18-15(19)10-3-5-12(17)8-10;/h4,6,9-10,12H,2-3,5,7-8,17H2,1H3,(H,18,19);1H. The minimum Gasteiger partial charge on any atom is -0.491 e. The molecule has 21 heavy (non-hydrogen) atoms. The zero-order chi connectivity index (χ0) is 14.5. The molecule has 3 N–H and O–H groups in total. The first-order valence-corrected chi connectivity index (χ1v) is 7.09. The maximum atomic E-state index is 13.3. The average Bonchev–Trinajstić information content (AvgIpc) is 2.85. The molecule has 4 nitrogen and oxygen atoms in total. The lowest BCUT2D eigenvalue weighted by Gasteiger charge is -2.14. The smallest absolute Gasteiger partial charge is 0.227 e. The summed E-state index contributed by atoms with van der Waals surface area (Å²) in [5.74, 6) is -0.125. The third-order valence-electron chi connectivity index (χ3n) is 3.51. The second-order valence-corrected chi connectivity index (χ2v) is 5.25. The number of anilines is 1.